The van der Waals surface area contributed by atoms with Gasteiger partial charge in [-0.3, -0.25) is 14.4 Å². The number of piperidine rings is 1. The van der Waals surface area contributed by atoms with E-state index in [1.807, 2.05) is 17.5 Å². The summed E-state index contributed by atoms with van der Waals surface area (Å²) < 4.78 is 43.2. The molecular formula is C22H23F3N2O4S. The van der Waals surface area contributed by atoms with Gasteiger partial charge in [0, 0.05) is 30.6 Å². The number of rotatable bonds is 6. The summed E-state index contributed by atoms with van der Waals surface area (Å²) in [5.74, 6) is -1.59. The Hall–Kier alpha value is -2.88. The van der Waals surface area contributed by atoms with Crippen LogP contribution in [0.2, 0.25) is 0 Å². The average Bonchev–Trinajstić information content (AvgIpc) is 3.29. The second-order valence-corrected chi connectivity index (χ2v) is 8.61. The van der Waals surface area contributed by atoms with E-state index in [1.54, 1.807) is 7.05 Å². The third kappa shape index (κ3) is 6.09. The quantitative estimate of drug-likeness (QED) is 0.605. The lowest BCUT2D eigenvalue weighted by Gasteiger charge is -2.31. The first-order valence-electron chi connectivity index (χ1n) is 10.0. The van der Waals surface area contributed by atoms with Crippen LogP contribution in [0, 0.1) is 5.92 Å². The molecule has 0 saturated carbocycles. The average molecular weight is 468 g/mol. The first kappa shape index (κ1) is 23.8. The SMILES string of the molecule is CN(Cc1cccs1)C(=O)COC(=O)C1CCN(C(=O)c2ccc(C(F)(F)F)cc2)CC1. The van der Waals surface area contributed by atoms with Crippen LogP contribution in [0.1, 0.15) is 33.6 Å². The zero-order chi connectivity index (χ0) is 23.3. The Morgan fingerprint density at radius 1 is 1.12 bits per heavy atom. The van der Waals surface area contributed by atoms with E-state index in [0.717, 1.165) is 29.1 Å². The lowest BCUT2D eigenvalue weighted by atomic mass is 9.96. The maximum atomic E-state index is 12.7. The van der Waals surface area contributed by atoms with E-state index >= 15 is 0 Å². The van der Waals surface area contributed by atoms with E-state index in [9.17, 15) is 27.6 Å². The van der Waals surface area contributed by atoms with E-state index in [4.69, 9.17) is 4.74 Å². The molecule has 0 N–H and O–H groups in total. The minimum absolute atomic E-state index is 0.165. The van der Waals surface area contributed by atoms with Gasteiger partial charge in [0.2, 0.25) is 0 Å². The smallest absolute Gasteiger partial charge is 0.416 e. The maximum absolute atomic E-state index is 12.7. The predicted octanol–water partition coefficient (Wildman–Crippen LogP) is 3.82. The second kappa shape index (κ2) is 10.2. The largest absolute Gasteiger partial charge is 0.455 e. The van der Waals surface area contributed by atoms with Crippen molar-refractivity contribution in [2.24, 2.45) is 5.92 Å². The standard InChI is InChI=1S/C22H23F3N2O4S/c1-26(13-18-3-2-12-32-18)19(28)14-31-21(30)16-8-10-27(11-9-16)20(29)15-4-6-17(7-5-15)22(23,24)25/h2-7,12,16H,8-11,13-14H2,1H3. The van der Waals surface area contributed by atoms with Gasteiger partial charge >= 0.3 is 12.1 Å². The number of halogens is 3. The number of carbonyl (C=O) groups is 3. The van der Waals surface area contributed by atoms with Gasteiger partial charge in [-0.05, 0) is 48.6 Å². The van der Waals surface area contributed by atoms with E-state index < -0.39 is 23.6 Å². The van der Waals surface area contributed by atoms with Crippen LogP contribution in [0.25, 0.3) is 0 Å². The molecule has 2 heterocycles. The molecule has 0 bridgehead atoms. The van der Waals surface area contributed by atoms with Gasteiger partial charge in [0.1, 0.15) is 0 Å². The lowest BCUT2D eigenvalue weighted by Crippen LogP contribution is -2.41. The molecule has 1 aromatic carbocycles. The number of alkyl halides is 3. The molecule has 1 aliphatic heterocycles. The molecule has 0 spiro atoms. The summed E-state index contributed by atoms with van der Waals surface area (Å²) in [6.45, 7) is 0.668. The van der Waals surface area contributed by atoms with Crippen molar-refractivity contribution in [1.82, 2.24) is 9.80 Å². The highest BCUT2D eigenvalue weighted by Crippen LogP contribution is 2.29. The van der Waals surface area contributed by atoms with Crippen molar-refractivity contribution in [3.8, 4) is 0 Å². The van der Waals surface area contributed by atoms with Crippen LogP contribution in [0.4, 0.5) is 13.2 Å². The molecular weight excluding hydrogens is 445 g/mol. The van der Waals surface area contributed by atoms with Crippen LogP contribution in [0.3, 0.4) is 0 Å². The van der Waals surface area contributed by atoms with Crippen LogP contribution in [-0.4, -0.2) is 54.3 Å². The number of nitrogens with zero attached hydrogens (tertiary/aromatic N) is 2. The zero-order valence-corrected chi connectivity index (χ0v) is 18.2. The fourth-order valence-corrected chi connectivity index (χ4v) is 4.15. The summed E-state index contributed by atoms with van der Waals surface area (Å²) in [7, 11) is 1.64. The fourth-order valence-electron chi connectivity index (χ4n) is 3.39. The van der Waals surface area contributed by atoms with Crippen molar-refractivity contribution in [1.29, 1.82) is 0 Å². The van der Waals surface area contributed by atoms with Crippen molar-refractivity contribution in [3.63, 3.8) is 0 Å². The Morgan fingerprint density at radius 3 is 2.34 bits per heavy atom. The molecule has 1 fully saturated rings. The number of hydrogen-bond acceptors (Lipinski definition) is 5. The number of hydrogen-bond donors (Lipinski definition) is 0. The summed E-state index contributed by atoms with van der Waals surface area (Å²) >= 11 is 1.53. The van der Waals surface area contributed by atoms with Crippen LogP contribution in [0.5, 0.6) is 0 Å². The number of thiophene rings is 1. The van der Waals surface area contributed by atoms with Gasteiger partial charge in [-0.15, -0.1) is 11.3 Å². The molecule has 1 saturated heterocycles. The van der Waals surface area contributed by atoms with Gasteiger partial charge in [0.25, 0.3) is 11.8 Å². The first-order valence-corrected chi connectivity index (χ1v) is 10.9. The summed E-state index contributed by atoms with van der Waals surface area (Å²) in [5, 5.41) is 1.92. The summed E-state index contributed by atoms with van der Waals surface area (Å²) in [4.78, 5) is 41.0. The molecule has 172 valence electrons. The molecule has 1 aliphatic rings. The summed E-state index contributed by atoms with van der Waals surface area (Å²) in [6, 6.07) is 7.88. The molecule has 2 aromatic rings. The highest BCUT2D eigenvalue weighted by atomic mass is 32.1. The Morgan fingerprint density at radius 2 is 1.78 bits per heavy atom. The topological polar surface area (TPSA) is 66.9 Å². The van der Waals surface area contributed by atoms with Crippen molar-refractivity contribution >= 4 is 29.1 Å². The molecule has 0 aliphatic carbocycles. The minimum atomic E-state index is -4.46. The number of ether oxygens (including phenoxy) is 1. The number of amides is 2. The molecule has 0 atom stereocenters. The molecule has 6 nitrogen and oxygen atoms in total. The number of likely N-dealkylation sites (N-methyl/N-ethyl adjacent to an activating group) is 1. The van der Waals surface area contributed by atoms with Gasteiger partial charge < -0.3 is 14.5 Å². The van der Waals surface area contributed by atoms with Crippen LogP contribution in [0.15, 0.2) is 41.8 Å². The number of esters is 1. The van der Waals surface area contributed by atoms with Crippen LogP contribution < -0.4 is 0 Å². The summed E-state index contributed by atoms with van der Waals surface area (Å²) in [5.41, 5.74) is -0.649. The van der Waals surface area contributed by atoms with Gasteiger partial charge in [0.15, 0.2) is 6.61 Å². The molecule has 0 radical (unpaired) electrons. The highest BCUT2D eigenvalue weighted by Gasteiger charge is 2.32. The van der Waals surface area contributed by atoms with Gasteiger partial charge in [-0.2, -0.15) is 13.2 Å². The second-order valence-electron chi connectivity index (χ2n) is 7.58. The summed E-state index contributed by atoms with van der Waals surface area (Å²) in [6.07, 6.45) is -3.73. The Bertz CT molecular complexity index is 937. The third-order valence-corrected chi connectivity index (χ3v) is 6.17. The van der Waals surface area contributed by atoms with Crippen LogP contribution >= 0.6 is 11.3 Å². The molecule has 1 aromatic heterocycles. The molecule has 10 heteroatoms. The van der Waals surface area contributed by atoms with Crippen LogP contribution in [-0.2, 0) is 27.0 Å². The van der Waals surface area contributed by atoms with Crippen molar-refractivity contribution < 1.29 is 32.3 Å². The lowest BCUT2D eigenvalue weighted by molar-refractivity contribution is -0.156. The molecule has 32 heavy (non-hydrogen) atoms. The third-order valence-electron chi connectivity index (χ3n) is 5.31. The van der Waals surface area contributed by atoms with Crippen molar-refractivity contribution in [2.75, 3.05) is 26.7 Å². The molecule has 2 amide bonds. The number of benzene rings is 1. The highest BCUT2D eigenvalue weighted by molar-refractivity contribution is 7.09. The van der Waals surface area contributed by atoms with Gasteiger partial charge in [-0.25, -0.2) is 0 Å². The van der Waals surface area contributed by atoms with Crippen molar-refractivity contribution in [3.05, 3.63) is 57.8 Å². The molecule has 0 unspecified atom stereocenters. The number of likely N-dealkylation sites (tertiary alicyclic amines) is 1. The Labute approximate surface area is 187 Å². The minimum Gasteiger partial charge on any atom is -0.455 e. The van der Waals surface area contributed by atoms with Gasteiger partial charge in [-0.1, -0.05) is 6.07 Å². The van der Waals surface area contributed by atoms with Crippen molar-refractivity contribution in [2.45, 2.75) is 25.6 Å². The van der Waals surface area contributed by atoms with E-state index in [1.165, 1.54) is 21.1 Å². The fraction of sp³-hybridized carbons (Fsp3) is 0.409. The maximum Gasteiger partial charge on any atom is 0.416 e. The number of carbonyl (C=O) groups excluding carboxylic acids is 3. The van der Waals surface area contributed by atoms with E-state index in [0.29, 0.717) is 19.4 Å². The van der Waals surface area contributed by atoms with E-state index in [2.05, 4.69) is 0 Å². The monoisotopic (exact) mass is 468 g/mol. The normalized spacial score (nSPS) is 14.8. The zero-order valence-electron chi connectivity index (χ0n) is 17.4. The van der Waals surface area contributed by atoms with E-state index in [-0.39, 0.29) is 37.1 Å². The Balaban J connectivity index is 1.44. The molecule has 3 rings (SSSR count). The Kier molecular flexibility index (Phi) is 7.55. The predicted molar refractivity (Wildman–Crippen MR) is 112 cm³/mol. The first-order chi connectivity index (χ1) is 15.1. The van der Waals surface area contributed by atoms with Gasteiger partial charge in [0.05, 0.1) is 18.0 Å².